The molecule has 1 unspecified atom stereocenters. The van der Waals surface area contributed by atoms with Gasteiger partial charge in [0, 0.05) is 15.7 Å². The van der Waals surface area contributed by atoms with Gasteiger partial charge < -0.3 is 15.0 Å². The second-order valence-corrected chi connectivity index (χ2v) is 6.13. The SMILES string of the molecule is COc1ccc(C[NH+](C)CC(=O)Nc2cccc(Br)c2)cc1. The van der Waals surface area contributed by atoms with Crippen molar-refractivity contribution >= 4 is 27.5 Å². The molecule has 0 heterocycles. The van der Waals surface area contributed by atoms with E-state index in [0.717, 1.165) is 27.4 Å². The zero-order valence-corrected chi connectivity index (χ0v) is 14.3. The minimum Gasteiger partial charge on any atom is -0.497 e. The molecule has 0 saturated carbocycles. The van der Waals surface area contributed by atoms with Crippen LogP contribution in [0.25, 0.3) is 0 Å². The molecule has 2 aromatic rings. The van der Waals surface area contributed by atoms with E-state index in [9.17, 15) is 4.79 Å². The van der Waals surface area contributed by atoms with Crippen LogP contribution in [0.1, 0.15) is 5.56 Å². The van der Waals surface area contributed by atoms with Crippen molar-refractivity contribution in [1.82, 2.24) is 0 Å². The summed E-state index contributed by atoms with van der Waals surface area (Å²) in [6.07, 6.45) is 0. The highest BCUT2D eigenvalue weighted by molar-refractivity contribution is 9.10. The summed E-state index contributed by atoms with van der Waals surface area (Å²) >= 11 is 3.39. The predicted molar refractivity (Wildman–Crippen MR) is 91.2 cm³/mol. The summed E-state index contributed by atoms with van der Waals surface area (Å²) in [7, 11) is 3.66. The van der Waals surface area contributed by atoms with Gasteiger partial charge in [-0.15, -0.1) is 0 Å². The van der Waals surface area contributed by atoms with E-state index in [2.05, 4.69) is 21.2 Å². The maximum absolute atomic E-state index is 12.1. The van der Waals surface area contributed by atoms with Crippen molar-refractivity contribution in [3.8, 4) is 5.75 Å². The Labute approximate surface area is 139 Å². The number of nitrogens with one attached hydrogen (secondary N) is 2. The number of quaternary nitrogens is 1. The molecule has 0 aliphatic heterocycles. The molecule has 5 heteroatoms. The summed E-state index contributed by atoms with van der Waals surface area (Å²) in [6.45, 7) is 1.20. The number of carbonyl (C=O) groups excluding carboxylic acids is 1. The second-order valence-electron chi connectivity index (χ2n) is 5.22. The Kier molecular flexibility index (Phi) is 5.98. The fraction of sp³-hybridized carbons (Fsp3) is 0.235. The Bertz CT molecular complexity index is 629. The minimum absolute atomic E-state index is 0.00381. The average Bonchev–Trinajstić information content (AvgIpc) is 2.47. The monoisotopic (exact) mass is 363 g/mol. The van der Waals surface area contributed by atoms with E-state index in [0.29, 0.717) is 6.54 Å². The van der Waals surface area contributed by atoms with E-state index in [-0.39, 0.29) is 5.91 Å². The number of anilines is 1. The van der Waals surface area contributed by atoms with Crippen LogP contribution in [0.4, 0.5) is 5.69 Å². The molecule has 0 radical (unpaired) electrons. The number of amides is 1. The van der Waals surface area contributed by atoms with Crippen molar-refractivity contribution < 1.29 is 14.4 Å². The van der Waals surface area contributed by atoms with Gasteiger partial charge in [-0.2, -0.15) is 0 Å². The Hall–Kier alpha value is -1.85. The third-order valence-corrected chi connectivity index (χ3v) is 3.73. The average molecular weight is 364 g/mol. The number of benzene rings is 2. The van der Waals surface area contributed by atoms with Crippen LogP contribution in [0.5, 0.6) is 5.75 Å². The number of carbonyl (C=O) groups is 1. The lowest BCUT2D eigenvalue weighted by atomic mass is 10.2. The highest BCUT2D eigenvalue weighted by Gasteiger charge is 2.11. The first-order valence-corrected chi connectivity index (χ1v) is 7.86. The molecule has 0 fully saturated rings. The lowest BCUT2D eigenvalue weighted by Crippen LogP contribution is -3.08. The summed E-state index contributed by atoms with van der Waals surface area (Å²) in [6, 6.07) is 15.5. The van der Waals surface area contributed by atoms with Gasteiger partial charge in [0.25, 0.3) is 5.91 Å². The Morgan fingerprint density at radius 2 is 1.95 bits per heavy atom. The predicted octanol–water partition coefficient (Wildman–Crippen LogP) is 2.11. The molecule has 0 spiro atoms. The fourth-order valence-corrected chi connectivity index (χ4v) is 2.60. The van der Waals surface area contributed by atoms with E-state index >= 15 is 0 Å². The van der Waals surface area contributed by atoms with Gasteiger partial charge in [0.2, 0.25) is 0 Å². The van der Waals surface area contributed by atoms with Crippen LogP contribution in [0, 0.1) is 0 Å². The maximum Gasteiger partial charge on any atom is 0.279 e. The molecule has 0 bridgehead atoms. The van der Waals surface area contributed by atoms with Crippen molar-refractivity contribution in [3.05, 3.63) is 58.6 Å². The fourth-order valence-electron chi connectivity index (χ4n) is 2.20. The minimum atomic E-state index is 0.00381. The van der Waals surface area contributed by atoms with Crippen LogP contribution >= 0.6 is 15.9 Å². The molecule has 2 aromatic carbocycles. The first-order valence-electron chi connectivity index (χ1n) is 7.06. The number of rotatable bonds is 6. The van der Waals surface area contributed by atoms with E-state index < -0.39 is 0 Å². The molecule has 116 valence electrons. The normalized spacial score (nSPS) is 11.8. The standard InChI is InChI=1S/C17H19BrN2O2/c1-20(11-13-6-8-16(22-2)9-7-13)12-17(21)19-15-5-3-4-14(18)10-15/h3-10H,11-12H2,1-2H3,(H,19,21)/p+1. The maximum atomic E-state index is 12.1. The van der Waals surface area contributed by atoms with Crippen LogP contribution in [-0.4, -0.2) is 26.6 Å². The van der Waals surface area contributed by atoms with Gasteiger partial charge in [0.15, 0.2) is 6.54 Å². The van der Waals surface area contributed by atoms with E-state index in [4.69, 9.17) is 4.74 Å². The van der Waals surface area contributed by atoms with Crippen LogP contribution in [0.3, 0.4) is 0 Å². The van der Waals surface area contributed by atoms with E-state index in [1.807, 2.05) is 55.6 Å². The first kappa shape index (κ1) is 16.5. The molecule has 0 saturated heterocycles. The summed E-state index contributed by atoms with van der Waals surface area (Å²) in [4.78, 5) is 13.2. The van der Waals surface area contributed by atoms with Gasteiger partial charge in [-0.1, -0.05) is 22.0 Å². The summed E-state index contributed by atoms with van der Waals surface area (Å²) in [5.41, 5.74) is 1.98. The highest BCUT2D eigenvalue weighted by atomic mass is 79.9. The van der Waals surface area contributed by atoms with Gasteiger partial charge in [0.05, 0.1) is 14.2 Å². The molecular weight excluding hydrogens is 344 g/mol. The van der Waals surface area contributed by atoms with Gasteiger partial charge in [-0.3, -0.25) is 4.79 Å². The summed E-state index contributed by atoms with van der Waals surface area (Å²) < 4.78 is 6.09. The van der Waals surface area contributed by atoms with Crippen LogP contribution in [0.2, 0.25) is 0 Å². The number of hydrogen-bond donors (Lipinski definition) is 2. The molecule has 0 aromatic heterocycles. The molecule has 4 nitrogen and oxygen atoms in total. The Morgan fingerprint density at radius 3 is 2.59 bits per heavy atom. The topological polar surface area (TPSA) is 42.8 Å². The van der Waals surface area contributed by atoms with Crippen molar-refractivity contribution in [2.75, 3.05) is 26.0 Å². The van der Waals surface area contributed by atoms with Gasteiger partial charge >= 0.3 is 0 Å². The zero-order valence-electron chi connectivity index (χ0n) is 12.7. The highest BCUT2D eigenvalue weighted by Crippen LogP contribution is 2.15. The van der Waals surface area contributed by atoms with Crippen LogP contribution < -0.4 is 15.0 Å². The van der Waals surface area contributed by atoms with Crippen molar-refractivity contribution in [2.45, 2.75) is 6.54 Å². The lowest BCUT2D eigenvalue weighted by molar-refractivity contribution is -0.885. The molecule has 1 atom stereocenters. The molecule has 2 rings (SSSR count). The third kappa shape index (κ3) is 5.16. The number of likely N-dealkylation sites (N-methyl/N-ethyl adjacent to an activating group) is 1. The largest absolute Gasteiger partial charge is 0.497 e. The van der Waals surface area contributed by atoms with Crippen molar-refractivity contribution in [2.24, 2.45) is 0 Å². The summed E-state index contributed by atoms with van der Waals surface area (Å²) in [5.74, 6) is 0.845. The second kappa shape index (κ2) is 7.96. The number of methoxy groups -OCH3 is 1. The van der Waals surface area contributed by atoms with E-state index in [1.54, 1.807) is 7.11 Å². The van der Waals surface area contributed by atoms with Crippen molar-refractivity contribution in [1.29, 1.82) is 0 Å². The number of ether oxygens (including phenoxy) is 1. The van der Waals surface area contributed by atoms with Gasteiger partial charge in [0.1, 0.15) is 12.3 Å². The smallest absolute Gasteiger partial charge is 0.279 e. The van der Waals surface area contributed by atoms with Gasteiger partial charge in [-0.05, 0) is 42.5 Å². The Balaban J connectivity index is 1.85. The van der Waals surface area contributed by atoms with Crippen LogP contribution in [0.15, 0.2) is 53.0 Å². The molecule has 22 heavy (non-hydrogen) atoms. The first-order chi connectivity index (χ1) is 10.6. The zero-order chi connectivity index (χ0) is 15.9. The van der Waals surface area contributed by atoms with Crippen LogP contribution in [-0.2, 0) is 11.3 Å². The number of hydrogen-bond acceptors (Lipinski definition) is 2. The van der Waals surface area contributed by atoms with Gasteiger partial charge in [-0.25, -0.2) is 0 Å². The lowest BCUT2D eigenvalue weighted by Gasteiger charge is -2.14. The third-order valence-electron chi connectivity index (χ3n) is 3.24. The molecule has 2 N–H and O–H groups in total. The van der Waals surface area contributed by atoms with E-state index in [1.165, 1.54) is 5.56 Å². The quantitative estimate of drug-likeness (QED) is 0.825. The van der Waals surface area contributed by atoms with Crippen molar-refractivity contribution in [3.63, 3.8) is 0 Å². The number of halogens is 1. The molecule has 0 aliphatic rings. The molecule has 1 amide bonds. The summed E-state index contributed by atoms with van der Waals surface area (Å²) in [5, 5.41) is 2.91. The molecule has 0 aliphatic carbocycles. The Morgan fingerprint density at radius 1 is 1.23 bits per heavy atom. The molecular formula is C17H20BrN2O2+.